The van der Waals surface area contributed by atoms with Crippen molar-refractivity contribution in [3.8, 4) is 6.07 Å². The van der Waals surface area contributed by atoms with Crippen molar-refractivity contribution < 1.29 is 14.5 Å². The highest BCUT2D eigenvalue weighted by Crippen LogP contribution is 2.26. The Labute approximate surface area is 163 Å². The van der Waals surface area contributed by atoms with Gasteiger partial charge in [-0.15, -0.1) is 11.8 Å². The molecule has 6 nitrogen and oxygen atoms in total. The quantitative estimate of drug-likeness (QED) is 0.600. The van der Waals surface area contributed by atoms with E-state index in [-0.39, 0.29) is 11.8 Å². The molecule has 0 fully saturated rings. The van der Waals surface area contributed by atoms with Crippen molar-refractivity contribution >= 4 is 29.3 Å². The predicted molar refractivity (Wildman–Crippen MR) is 107 cm³/mol. The molecule has 0 saturated heterocycles. The predicted octanol–water partition coefficient (Wildman–Crippen LogP) is 1.32. The first-order chi connectivity index (χ1) is 13.0. The molecule has 1 unspecified atom stereocenters. The Morgan fingerprint density at radius 1 is 1.15 bits per heavy atom. The Balaban J connectivity index is 1.90. The molecule has 2 aromatic carbocycles. The molecular formula is C20H23N4O2S+. The van der Waals surface area contributed by atoms with Crippen molar-refractivity contribution in [2.24, 2.45) is 0 Å². The highest BCUT2D eigenvalue weighted by molar-refractivity contribution is 7.99. The molecule has 0 radical (unpaired) electrons. The second kappa shape index (κ2) is 10.4. The van der Waals surface area contributed by atoms with Crippen molar-refractivity contribution in [1.82, 2.24) is 5.32 Å². The molecule has 0 aliphatic carbocycles. The molecule has 0 aliphatic heterocycles. The number of carbonyl (C=O) groups is 2. The Kier molecular flexibility index (Phi) is 7.86. The molecular weight excluding hydrogens is 360 g/mol. The number of para-hydroxylation sites is 1. The number of likely N-dealkylation sites (N-methyl/N-ethyl adjacent to an activating group) is 1. The molecule has 0 saturated carbocycles. The van der Waals surface area contributed by atoms with Crippen LogP contribution in [0.3, 0.4) is 0 Å². The van der Waals surface area contributed by atoms with Crippen LogP contribution < -0.4 is 15.5 Å². The molecule has 7 heteroatoms. The number of quaternary nitrogens is 1. The Hall–Kier alpha value is -2.82. The molecule has 0 heterocycles. The van der Waals surface area contributed by atoms with Gasteiger partial charge in [-0.05, 0) is 24.3 Å². The Morgan fingerprint density at radius 3 is 2.52 bits per heavy atom. The maximum absolute atomic E-state index is 12.4. The standard InChI is InChI=1S/C20H22N4O2S/c1-22-20(26)16-9-7-15(8-10-16)13-24(2)14-19(25)23-17-5-3-4-6-18(17)27-12-11-21/h3-10H,12-14H2,1-2H3,(H,22,26)(H,23,25)/p+1. The van der Waals surface area contributed by atoms with Gasteiger partial charge in [-0.2, -0.15) is 5.26 Å². The third-order valence-electron chi connectivity index (χ3n) is 3.86. The number of nitrogens with one attached hydrogen (secondary N) is 3. The average molecular weight is 383 g/mol. The van der Waals surface area contributed by atoms with Gasteiger partial charge in [-0.3, -0.25) is 9.59 Å². The van der Waals surface area contributed by atoms with E-state index in [1.54, 1.807) is 19.2 Å². The van der Waals surface area contributed by atoms with Crippen molar-refractivity contribution in [3.05, 3.63) is 59.7 Å². The second-order valence-electron chi connectivity index (χ2n) is 6.08. The maximum Gasteiger partial charge on any atom is 0.279 e. The fourth-order valence-corrected chi connectivity index (χ4v) is 3.27. The number of thioether (sulfide) groups is 1. The number of amides is 2. The normalized spacial score (nSPS) is 11.3. The summed E-state index contributed by atoms with van der Waals surface area (Å²) in [6.07, 6.45) is 0. The molecule has 27 heavy (non-hydrogen) atoms. The zero-order valence-corrected chi connectivity index (χ0v) is 16.2. The van der Waals surface area contributed by atoms with Crippen LogP contribution >= 0.6 is 11.8 Å². The number of carbonyl (C=O) groups excluding carboxylic acids is 2. The van der Waals surface area contributed by atoms with Crippen molar-refractivity contribution in [2.45, 2.75) is 11.4 Å². The number of hydrogen-bond acceptors (Lipinski definition) is 4. The van der Waals surface area contributed by atoms with E-state index in [0.717, 1.165) is 21.0 Å². The molecule has 0 aromatic heterocycles. The van der Waals surface area contributed by atoms with Gasteiger partial charge in [0.25, 0.3) is 11.8 Å². The van der Waals surface area contributed by atoms with Gasteiger partial charge in [0, 0.05) is 23.1 Å². The number of anilines is 1. The number of benzene rings is 2. The summed E-state index contributed by atoms with van der Waals surface area (Å²) in [5.74, 6) is 0.137. The van der Waals surface area contributed by atoms with Crippen LogP contribution in [0.5, 0.6) is 0 Å². The van der Waals surface area contributed by atoms with Gasteiger partial charge in [0.05, 0.1) is 24.6 Å². The van der Waals surface area contributed by atoms with Gasteiger partial charge in [-0.1, -0.05) is 24.3 Å². The van der Waals surface area contributed by atoms with Crippen LogP contribution in [-0.2, 0) is 11.3 Å². The van der Waals surface area contributed by atoms with Gasteiger partial charge in [-0.25, -0.2) is 0 Å². The van der Waals surface area contributed by atoms with Crippen molar-refractivity contribution in [2.75, 3.05) is 31.7 Å². The molecule has 2 amide bonds. The van der Waals surface area contributed by atoms with Crippen LogP contribution in [0.15, 0.2) is 53.4 Å². The molecule has 1 atom stereocenters. The van der Waals surface area contributed by atoms with E-state index in [0.29, 0.717) is 24.4 Å². The third-order valence-corrected chi connectivity index (χ3v) is 4.81. The van der Waals surface area contributed by atoms with Crippen LogP contribution in [0.1, 0.15) is 15.9 Å². The minimum Gasteiger partial charge on any atom is -0.355 e. The highest BCUT2D eigenvalue weighted by Gasteiger charge is 2.13. The summed E-state index contributed by atoms with van der Waals surface area (Å²) in [5, 5.41) is 14.3. The first-order valence-electron chi connectivity index (χ1n) is 8.54. The van der Waals surface area contributed by atoms with Crippen LogP contribution in [0.25, 0.3) is 0 Å². The van der Waals surface area contributed by atoms with Crippen molar-refractivity contribution in [3.63, 3.8) is 0 Å². The molecule has 3 N–H and O–H groups in total. The fourth-order valence-electron chi connectivity index (χ4n) is 2.60. The lowest BCUT2D eigenvalue weighted by atomic mass is 10.1. The Morgan fingerprint density at radius 2 is 1.85 bits per heavy atom. The number of hydrogen-bond donors (Lipinski definition) is 3. The maximum atomic E-state index is 12.4. The number of nitriles is 1. The van der Waals surface area contributed by atoms with Gasteiger partial charge in [0.15, 0.2) is 6.54 Å². The van der Waals surface area contributed by atoms with Crippen LogP contribution in [0, 0.1) is 11.3 Å². The third kappa shape index (κ3) is 6.44. The van der Waals surface area contributed by atoms with Crippen LogP contribution in [0.2, 0.25) is 0 Å². The summed E-state index contributed by atoms with van der Waals surface area (Å²) in [6, 6.07) is 16.9. The van der Waals surface area contributed by atoms with E-state index in [2.05, 4.69) is 16.7 Å². The fraction of sp³-hybridized carbons (Fsp3) is 0.250. The van der Waals surface area contributed by atoms with Crippen molar-refractivity contribution in [1.29, 1.82) is 5.26 Å². The molecule has 2 rings (SSSR count). The minimum atomic E-state index is -0.116. The van der Waals surface area contributed by atoms with Gasteiger partial charge >= 0.3 is 0 Å². The molecule has 0 aliphatic rings. The van der Waals surface area contributed by atoms with Crippen LogP contribution in [-0.4, -0.2) is 38.2 Å². The lowest BCUT2D eigenvalue weighted by Gasteiger charge is -2.15. The summed E-state index contributed by atoms with van der Waals surface area (Å²) in [6.45, 7) is 0.987. The van der Waals surface area contributed by atoms with E-state index in [9.17, 15) is 9.59 Å². The first kappa shape index (κ1) is 20.5. The molecule has 140 valence electrons. The molecule has 0 spiro atoms. The number of nitrogens with zero attached hydrogens (tertiary/aromatic N) is 1. The summed E-state index contributed by atoms with van der Waals surface area (Å²) in [5.41, 5.74) is 2.39. The minimum absolute atomic E-state index is 0.0838. The molecule has 0 bridgehead atoms. The van der Waals surface area contributed by atoms with Gasteiger partial charge in [0.1, 0.15) is 6.54 Å². The van der Waals surface area contributed by atoms with E-state index >= 15 is 0 Å². The topological polar surface area (TPSA) is 86.4 Å². The largest absolute Gasteiger partial charge is 0.355 e. The summed E-state index contributed by atoms with van der Waals surface area (Å²) < 4.78 is 0. The lowest BCUT2D eigenvalue weighted by molar-refractivity contribution is -0.885. The van der Waals surface area contributed by atoms with Gasteiger partial charge in [0.2, 0.25) is 0 Å². The summed E-state index contributed by atoms with van der Waals surface area (Å²) in [7, 11) is 3.55. The zero-order chi connectivity index (χ0) is 19.6. The second-order valence-corrected chi connectivity index (χ2v) is 7.10. The summed E-state index contributed by atoms with van der Waals surface area (Å²) >= 11 is 1.40. The van der Waals surface area contributed by atoms with E-state index in [1.165, 1.54) is 11.8 Å². The Bertz CT molecular complexity index is 831. The zero-order valence-electron chi connectivity index (χ0n) is 15.4. The van der Waals surface area contributed by atoms with E-state index < -0.39 is 0 Å². The first-order valence-corrected chi connectivity index (χ1v) is 9.53. The highest BCUT2D eigenvalue weighted by atomic mass is 32.2. The monoisotopic (exact) mass is 383 g/mol. The van der Waals surface area contributed by atoms with E-state index in [1.807, 2.05) is 43.4 Å². The van der Waals surface area contributed by atoms with Gasteiger partial charge < -0.3 is 15.5 Å². The number of rotatable bonds is 8. The average Bonchev–Trinajstić information content (AvgIpc) is 2.67. The molecule has 2 aromatic rings. The smallest absolute Gasteiger partial charge is 0.279 e. The lowest BCUT2D eigenvalue weighted by Crippen LogP contribution is -3.08. The SMILES string of the molecule is CNC(=O)c1ccc(C[NH+](C)CC(=O)Nc2ccccc2SCC#N)cc1. The summed E-state index contributed by atoms with van der Waals surface area (Å²) in [4.78, 5) is 25.8. The van der Waals surface area contributed by atoms with Crippen LogP contribution in [0.4, 0.5) is 5.69 Å². The van der Waals surface area contributed by atoms with E-state index in [4.69, 9.17) is 5.26 Å².